The molecular formula is C45H56F2N10O7. The lowest BCUT2D eigenvalue weighted by atomic mass is 9.82. The minimum atomic E-state index is -3.59. The second-order valence-electron chi connectivity index (χ2n) is 17.3. The van der Waals surface area contributed by atoms with Gasteiger partial charge in [-0.3, -0.25) is 34.3 Å². The highest BCUT2D eigenvalue weighted by Gasteiger charge is 2.49. The summed E-state index contributed by atoms with van der Waals surface area (Å²) < 4.78 is 41.3. The molecule has 2 saturated heterocycles. The number of urea groups is 1. The number of rotatable bonds is 13. The number of anilines is 6. The van der Waals surface area contributed by atoms with Crippen LogP contribution in [0.2, 0.25) is 0 Å². The predicted octanol–water partition coefficient (Wildman–Crippen LogP) is 5.11. The molecule has 2 saturated carbocycles. The maximum absolute atomic E-state index is 15.1. The zero-order chi connectivity index (χ0) is 45.1. The smallest absolute Gasteiger partial charge is 0.342 e. The Morgan fingerprint density at radius 3 is 2.33 bits per heavy atom. The largest absolute Gasteiger partial charge is 0.495 e. The van der Waals surface area contributed by atoms with Gasteiger partial charge in [0, 0.05) is 88.4 Å². The minimum Gasteiger partial charge on any atom is -0.495 e. The van der Waals surface area contributed by atoms with Crippen molar-refractivity contribution in [1.29, 1.82) is 0 Å². The number of hydrogen-bond acceptors (Lipinski definition) is 13. The molecule has 342 valence electrons. The van der Waals surface area contributed by atoms with E-state index in [0.29, 0.717) is 67.1 Å². The third kappa shape index (κ3) is 9.54. The van der Waals surface area contributed by atoms with Gasteiger partial charge in [0.25, 0.3) is 11.8 Å². The Morgan fingerprint density at radius 1 is 0.891 bits per heavy atom. The highest BCUT2D eigenvalue weighted by atomic mass is 19.3. The van der Waals surface area contributed by atoms with Crippen LogP contribution in [0.25, 0.3) is 0 Å². The van der Waals surface area contributed by atoms with Crippen LogP contribution in [0.15, 0.2) is 42.6 Å². The highest BCUT2D eigenvalue weighted by Crippen LogP contribution is 2.40. The van der Waals surface area contributed by atoms with Gasteiger partial charge in [-0.05, 0) is 74.9 Å². The Bertz CT molecular complexity index is 2260. The molecule has 8 rings (SSSR count). The summed E-state index contributed by atoms with van der Waals surface area (Å²) in [5, 5.41) is 8.62. The fraction of sp³-hybridized carbons (Fsp3) is 0.533. The molecule has 5 aliphatic rings. The van der Waals surface area contributed by atoms with Crippen LogP contribution in [0.5, 0.6) is 11.5 Å². The molecule has 0 unspecified atom stereocenters. The quantitative estimate of drug-likeness (QED) is 0.206. The molecule has 4 heterocycles. The fourth-order valence-corrected chi connectivity index (χ4v) is 9.57. The Labute approximate surface area is 370 Å². The number of ether oxygens (including phenoxy) is 2. The molecule has 0 spiro atoms. The zero-order valence-electron chi connectivity index (χ0n) is 36.5. The first-order valence-electron chi connectivity index (χ1n) is 22.2. The standard InChI is InChI=1S/C45H56F2N10O7/c1-53-35-26-48-43(52-40(35)57(31-6-4-5-7-31)27-45(46,47)42(53)61)50-33-14-10-29(24-38(33)64-3)41(60)49-30-11-8-28(9-12-30)36(58)16-18-54-20-22-55(23-21-54)32-13-15-37(63-2)34(25-32)56-19-17-39(59)51-44(56)62/h10,13-15,24-26,28,30-31H,4-9,11-12,16-23,27H2,1-3H3,(H,49,60)(H,48,50,52)(H,51,59,62). The first-order chi connectivity index (χ1) is 30.8. The molecule has 3 N–H and O–H groups in total. The average Bonchev–Trinajstić information content (AvgIpc) is 3.83. The molecule has 5 amide bonds. The van der Waals surface area contributed by atoms with Gasteiger partial charge in [-0.1, -0.05) is 12.8 Å². The number of amides is 5. The van der Waals surface area contributed by atoms with Crippen molar-refractivity contribution in [1.82, 2.24) is 25.5 Å². The Hall–Kier alpha value is -6.11. The summed E-state index contributed by atoms with van der Waals surface area (Å²) in [7, 11) is 4.34. The second kappa shape index (κ2) is 18.9. The number of imide groups is 1. The first kappa shape index (κ1) is 44.5. The molecular weight excluding hydrogens is 831 g/mol. The van der Waals surface area contributed by atoms with Crippen molar-refractivity contribution in [3.05, 3.63) is 48.2 Å². The van der Waals surface area contributed by atoms with Gasteiger partial charge in [-0.15, -0.1) is 0 Å². The van der Waals surface area contributed by atoms with Crippen molar-refractivity contribution in [3.63, 3.8) is 0 Å². The van der Waals surface area contributed by atoms with E-state index in [1.807, 2.05) is 18.2 Å². The highest BCUT2D eigenvalue weighted by molar-refractivity contribution is 6.06. The van der Waals surface area contributed by atoms with E-state index >= 15 is 8.78 Å². The molecule has 4 fully saturated rings. The van der Waals surface area contributed by atoms with Crippen LogP contribution in [-0.2, 0) is 14.4 Å². The number of benzene rings is 2. The third-order valence-electron chi connectivity index (χ3n) is 13.3. The van der Waals surface area contributed by atoms with E-state index in [1.54, 1.807) is 30.2 Å². The number of ketones is 1. The molecule has 2 aromatic carbocycles. The second-order valence-corrected chi connectivity index (χ2v) is 17.3. The number of hydrogen-bond donors (Lipinski definition) is 3. The van der Waals surface area contributed by atoms with E-state index in [2.05, 4.69) is 35.7 Å². The van der Waals surface area contributed by atoms with Crippen LogP contribution in [0, 0.1) is 5.92 Å². The van der Waals surface area contributed by atoms with Crippen molar-refractivity contribution in [3.8, 4) is 11.5 Å². The van der Waals surface area contributed by atoms with E-state index in [1.165, 1.54) is 25.3 Å². The molecule has 64 heavy (non-hydrogen) atoms. The van der Waals surface area contributed by atoms with Crippen LogP contribution >= 0.6 is 0 Å². The van der Waals surface area contributed by atoms with Crippen molar-refractivity contribution in [2.75, 3.05) is 92.0 Å². The number of Topliss-reactive ketones (excluding diaryl/α,β-unsaturated/α-hetero) is 1. The zero-order valence-corrected chi connectivity index (χ0v) is 36.5. The third-order valence-corrected chi connectivity index (χ3v) is 13.3. The lowest BCUT2D eigenvalue weighted by Gasteiger charge is -2.37. The van der Waals surface area contributed by atoms with Crippen LogP contribution in [0.1, 0.15) is 74.6 Å². The maximum Gasteiger partial charge on any atom is 0.342 e. The number of halogens is 2. The van der Waals surface area contributed by atoms with E-state index in [4.69, 9.17) is 9.47 Å². The van der Waals surface area contributed by atoms with Gasteiger partial charge >= 0.3 is 12.0 Å². The number of fused-ring (bicyclic) bond motifs is 1. The topological polar surface area (TPSA) is 182 Å². The molecule has 17 nitrogen and oxygen atoms in total. The number of nitrogens with zero attached hydrogens (tertiary/aromatic N) is 7. The maximum atomic E-state index is 15.1. The van der Waals surface area contributed by atoms with Crippen molar-refractivity contribution in [2.45, 2.75) is 82.2 Å². The summed E-state index contributed by atoms with van der Waals surface area (Å²) >= 11 is 0. The molecule has 0 radical (unpaired) electrons. The van der Waals surface area contributed by atoms with E-state index in [9.17, 15) is 24.0 Å². The number of aromatic nitrogens is 2. The molecule has 3 aromatic rings. The molecule has 2 aliphatic carbocycles. The van der Waals surface area contributed by atoms with E-state index < -0.39 is 24.4 Å². The van der Waals surface area contributed by atoms with Gasteiger partial charge in [0.15, 0.2) is 5.82 Å². The summed E-state index contributed by atoms with van der Waals surface area (Å²) in [5.74, 6) is -3.94. The van der Waals surface area contributed by atoms with Crippen molar-refractivity contribution in [2.24, 2.45) is 5.92 Å². The SMILES string of the molecule is COc1cc(C(=O)NC2CCC(C(=O)CCN3CCN(c4ccc(OC)c(N5CCC(=O)NC5=O)c4)CC3)CC2)ccc1Nc1ncc2c(n1)N(C1CCCC1)CC(F)(F)C(=O)N2C. The summed E-state index contributed by atoms with van der Waals surface area (Å²) in [6.07, 6.45) is 8.13. The van der Waals surface area contributed by atoms with E-state index in [-0.39, 0.29) is 66.0 Å². The Morgan fingerprint density at radius 2 is 1.62 bits per heavy atom. The molecule has 0 bridgehead atoms. The van der Waals surface area contributed by atoms with Gasteiger partial charge in [-0.2, -0.15) is 13.8 Å². The van der Waals surface area contributed by atoms with Crippen LogP contribution in [-0.4, -0.2) is 129 Å². The van der Waals surface area contributed by atoms with Crippen LogP contribution in [0.4, 0.5) is 48.1 Å². The van der Waals surface area contributed by atoms with Gasteiger partial charge < -0.3 is 34.8 Å². The van der Waals surface area contributed by atoms with Crippen molar-refractivity contribution < 1.29 is 42.2 Å². The Balaban J connectivity index is 0.804. The predicted molar refractivity (Wildman–Crippen MR) is 236 cm³/mol. The van der Waals surface area contributed by atoms with E-state index in [0.717, 1.165) is 62.4 Å². The van der Waals surface area contributed by atoms with Gasteiger partial charge in [0.1, 0.15) is 23.0 Å². The fourth-order valence-electron chi connectivity index (χ4n) is 9.57. The van der Waals surface area contributed by atoms with Gasteiger partial charge in [0.2, 0.25) is 11.9 Å². The molecule has 0 atom stereocenters. The number of carbonyl (C=O) groups excluding carboxylic acids is 5. The summed E-state index contributed by atoms with van der Waals surface area (Å²) in [4.78, 5) is 81.3. The summed E-state index contributed by atoms with van der Waals surface area (Å²) in [6, 6.07) is 9.97. The van der Waals surface area contributed by atoms with Crippen LogP contribution < -0.4 is 45.0 Å². The lowest BCUT2D eigenvalue weighted by Crippen LogP contribution is -2.50. The minimum absolute atomic E-state index is 0.0438. The van der Waals surface area contributed by atoms with Gasteiger partial charge in [-0.25, -0.2) is 9.78 Å². The van der Waals surface area contributed by atoms with Gasteiger partial charge in [0.05, 0.1) is 38.3 Å². The number of piperazine rings is 1. The number of alkyl halides is 2. The van der Waals surface area contributed by atoms with Crippen molar-refractivity contribution >= 4 is 64.1 Å². The number of nitrogens with one attached hydrogen (secondary N) is 3. The lowest BCUT2D eigenvalue weighted by molar-refractivity contribution is -0.140. The first-order valence-corrected chi connectivity index (χ1v) is 22.2. The normalized spacial score (nSPS) is 21.9. The Kier molecular flexibility index (Phi) is 13.2. The average molecular weight is 887 g/mol. The summed E-state index contributed by atoms with van der Waals surface area (Å²) in [5.41, 5.74) is 2.63. The molecule has 1 aromatic heterocycles. The molecule has 19 heteroatoms. The molecule has 3 aliphatic heterocycles. The van der Waals surface area contributed by atoms with Crippen LogP contribution in [0.3, 0.4) is 0 Å². The summed E-state index contributed by atoms with van der Waals surface area (Å²) in [6.45, 7) is 3.30. The number of methoxy groups -OCH3 is 2. The monoisotopic (exact) mass is 886 g/mol. The number of carbonyl (C=O) groups is 5.